The summed E-state index contributed by atoms with van der Waals surface area (Å²) in [5.74, 6) is 0.483. The molecule has 2 heterocycles. The minimum absolute atomic E-state index is 0.0784. The number of rotatable bonds is 2. The normalized spacial score (nSPS) is 27.4. The number of sulfonamides is 1. The van der Waals surface area contributed by atoms with E-state index < -0.39 is 15.6 Å². The molecule has 2 aliphatic rings. The van der Waals surface area contributed by atoms with E-state index >= 15 is 0 Å². The molecule has 2 unspecified atom stereocenters. The Morgan fingerprint density at radius 3 is 2.75 bits per heavy atom. The van der Waals surface area contributed by atoms with Gasteiger partial charge in [-0.25, -0.2) is 8.42 Å². The molecule has 1 aromatic heterocycles. The molecule has 7 heteroatoms. The molecule has 0 aromatic carbocycles. The molecule has 1 aliphatic carbocycles. The fraction of sp³-hybridized carbons (Fsp3) is 0.615. The molecular weight excluding hydrogens is 300 g/mol. The molecule has 0 bridgehead atoms. The van der Waals surface area contributed by atoms with Gasteiger partial charge in [0.15, 0.2) is 0 Å². The number of piperidine rings is 1. The number of pyridine rings is 1. The second-order valence-corrected chi connectivity index (χ2v) is 7.83. The second-order valence-electron chi connectivity index (χ2n) is 5.53. The molecule has 0 spiro atoms. The van der Waals surface area contributed by atoms with E-state index in [2.05, 4.69) is 4.98 Å². The van der Waals surface area contributed by atoms with Gasteiger partial charge >= 0.3 is 0 Å². The van der Waals surface area contributed by atoms with Crippen molar-refractivity contribution in [1.29, 1.82) is 0 Å². The summed E-state index contributed by atoms with van der Waals surface area (Å²) in [4.78, 5) is 13.7. The van der Waals surface area contributed by atoms with Gasteiger partial charge < -0.3 is 4.98 Å². The Morgan fingerprint density at radius 1 is 1.25 bits per heavy atom. The van der Waals surface area contributed by atoms with Crippen LogP contribution in [0.3, 0.4) is 0 Å². The van der Waals surface area contributed by atoms with Gasteiger partial charge in [-0.2, -0.15) is 4.31 Å². The predicted octanol–water partition coefficient (Wildman–Crippen LogP) is 1.98. The zero-order chi connectivity index (χ0) is 14.3. The van der Waals surface area contributed by atoms with Crippen LogP contribution >= 0.6 is 11.6 Å². The first-order valence-corrected chi connectivity index (χ1v) is 8.72. The largest absolute Gasteiger partial charge is 0.326 e. The molecule has 1 aliphatic heterocycles. The lowest BCUT2D eigenvalue weighted by Gasteiger charge is -2.36. The maximum absolute atomic E-state index is 12.7. The molecule has 0 radical (unpaired) electrons. The third kappa shape index (κ3) is 2.29. The van der Waals surface area contributed by atoms with E-state index in [1.165, 1.54) is 12.3 Å². The lowest BCUT2D eigenvalue weighted by Crippen LogP contribution is -2.46. The molecule has 110 valence electrons. The smallest absolute Gasteiger partial charge is 0.266 e. The molecule has 2 atom stereocenters. The molecule has 1 saturated carbocycles. The quantitative estimate of drug-likeness (QED) is 0.907. The molecule has 2 fully saturated rings. The van der Waals surface area contributed by atoms with E-state index in [1.807, 2.05) is 0 Å². The van der Waals surface area contributed by atoms with Crippen molar-refractivity contribution in [2.75, 3.05) is 6.54 Å². The van der Waals surface area contributed by atoms with Crippen LogP contribution in [0.25, 0.3) is 0 Å². The van der Waals surface area contributed by atoms with Crippen molar-refractivity contribution in [3.8, 4) is 0 Å². The Bertz CT molecular complexity index is 670. The fourth-order valence-corrected chi connectivity index (χ4v) is 5.41. The number of fused-ring (bicyclic) bond motifs is 1. The maximum Gasteiger partial charge on any atom is 0.266 e. The lowest BCUT2D eigenvalue weighted by molar-refractivity contribution is 0.202. The van der Waals surface area contributed by atoms with Crippen molar-refractivity contribution in [2.24, 2.45) is 5.92 Å². The van der Waals surface area contributed by atoms with Gasteiger partial charge in [-0.05, 0) is 37.7 Å². The summed E-state index contributed by atoms with van der Waals surface area (Å²) in [5, 5.41) is -0.0916. The molecule has 1 N–H and O–H groups in total. The monoisotopic (exact) mass is 316 g/mol. The highest BCUT2D eigenvalue weighted by molar-refractivity contribution is 7.89. The first-order valence-electron chi connectivity index (χ1n) is 6.90. The third-order valence-corrected chi connectivity index (χ3v) is 6.56. The van der Waals surface area contributed by atoms with Crippen LogP contribution in [-0.2, 0) is 10.0 Å². The first-order chi connectivity index (χ1) is 9.50. The van der Waals surface area contributed by atoms with E-state index in [0.717, 1.165) is 32.1 Å². The molecule has 1 saturated heterocycles. The Balaban J connectivity index is 1.98. The van der Waals surface area contributed by atoms with Crippen LogP contribution in [-0.4, -0.2) is 30.3 Å². The average Bonchev–Trinajstić information content (AvgIpc) is 2.89. The van der Waals surface area contributed by atoms with Crippen molar-refractivity contribution in [1.82, 2.24) is 9.29 Å². The van der Waals surface area contributed by atoms with Gasteiger partial charge in [0.05, 0.1) is 4.90 Å². The van der Waals surface area contributed by atoms with E-state index in [4.69, 9.17) is 11.6 Å². The topological polar surface area (TPSA) is 70.2 Å². The minimum Gasteiger partial charge on any atom is -0.326 e. The number of aromatic nitrogens is 1. The van der Waals surface area contributed by atoms with Gasteiger partial charge in [-0.15, -0.1) is 0 Å². The van der Waals surface area contributed by atoms with Gasteiger partial charge in [-0.3, -0.25) is 4.79 Å². The van der Waals surface area contributed by atoms with E-state index in [9.17, 15) is 13.2 Å². The van der Waals surface area contributed by atoms with Crippen LogP contribution in [0.4, 0.5) is 0 Å². The van der Waals surface area contributed by atoms with E-state index in [-0.39, 0.29) is 16.0 Å². The Kier molecular flexibility index (Phi) is 3.64. The minimum atomic E-state index is -3.58. The number of aromatic amines is 1. The van der Waals surface area contributed by atoms with Crippen LogP contribution in [0.15, 0.2) is 22.0 Å². The summed E-state index contributed by atoms with van der Waals surface area (Å²) in [5.41, 5.74) is -0.469. The fourth-order valence-electron chi connectivity index (χ4n) is 3.43. The van der Waals surface area contributed by atoms with Crippen LogP contribution in [0.2, 0.25) is 5.02 Å². The lowest BCUT2D eigenvalue weighted by atomic mass is 9.94. The van der Waals surface area contributed by atoms with Crippen LogP contribution < -0.4 is 5.56 Å². The number of nitrogens with one attached hydrogen (secondary N) is 1. The number of halogens is 1. The van der Waals surface area contributed by atoms with E-state index in [0.29, 0.717) is 12.5 Å². The van der Waals surface area contributed by atoms with Gasteiger partial charge in [0.2, 0.25) is 10.0 Å². The highest BCUT2D eigenvalue weighted by Crippen LogP contribution is 2.39. The molecule has 20 heavy (non-hydrogen) atoms. The van der Waals surface area contributed by atoms with Crippen LogP contribution in [0.5, 0.6) is 0 Å². The number of hydrogen-bond donors (Lipinski definition) is 1. The highest BCUT2D eigenvalue weighted by Gasteiger charge is 2.41. The predicted molar refractivity (Wildman–Crippen MR) is 76.3 cm³/mol. The van der Waals surface area contributed by atoms with Crippen LogP contribution in [0.1, 0.15) is 32.1 Å². The summed E-state index contributed by atoms with van der Waals surface area (Å²) in [6.45, 7) is 0.556. The third-order valence-electron chi connectivity index (χ3n) is 4.38. The molecular formula is C13H17ClN2O3S. The summed E-state index contributed by atoms with van der Waals surface area (Å²) in [6.07, 6.45) is 6.39. The maximum atomic E-state index is 12.7. The second kappa shape index (κ2) is 5.16. The Hall–Kier alpha value is -0.850. The standard InChI is InChI=1S/C13H17ClN2O3S/c14-11-7-10(8-15-13(11)17)20(18,19)16-6-2-4-9-3-1-5-12(9)16/h7-9,12H,1-6H2,(H,15,17). The van der Waals surface area contributed by atoms with Crippen molar-refractivity contribution >= 4 is 21.6 Å². The molecule has 0 amide bonds. The Morgan fingerprint density at radius 2 is 2.00 bits per heavy atom. The zero-order valence-corrected chi connectivity index (χ0v) is 12.6. The SMILES string of the molecule is O=c1[nH]cc(S(=O)(=O)N2CCCC3CCCC32)cc1Cl. The van der Waals surface area contributed by atoms with E-state index in [1.54, 1.807) is 4.31 Å². The summed E-state index contributed by atoms with van der Waals surface area (Å²) < 4.78 is 27.1. The number of nitrogens with zero attached hydrogens (tertiary/aromatic N) is 1. The van der Waals surface area contributed by atoms with Crippen LogP contribution in [0, 0.1) is 5.92 Å². The molecule has 1 aromatic rings. The highest BCUT2D eigenvalue weighted by atomic mass is 35.5. The Labute approximate surface area is 123 Å². The van der Waals surface area contributed by atoms with Crippen molar-refractivity contribution < 1.29 is 8.42 Å². The van der Waals surface area contributed by atoms with Gasteiger partial charge in [0.25, 0.3) is 5.56 Å². The number of H-pyrrole nitrogens is 1. The van der Waals surface area contributed by atoms with Gasteiger partial charge in [-0.1, -0.05) is 18.0 Å². The first kappa shape index (κ1) is 14.1. The molecule has 5 nitrogen and oxygen atoms in total. The van der Waals surface area contributed by atoms with Gasteiger partial charge in [0.1, 0.15) is 5.02 Å². The number of hydrogen-bond acceptors (Lipinski definition) is 3. The summed E-state index contributed by atoms with van der Waals surface area (Å²) in [6, 6.07) is 1.35. The van der Waals surface area contributed by atoms with Gasteiger partial charge in [0, 0.05) is 18.8 Å². The zero-order valence-electron chi connectivity index (χ0n) is 11.0. The van der Waals surface area contributed by atoms with Crippen molar-refractivity contribution in [3.05, 3.63) is 27.6 Å². The average molecular weight is 317 g/mol. The molecule has 3 rings (SSSR count). The summed E-state index contributed by atoms with van der Waals surface area (Å²) in [7, 11) is -3.58. The van der Waals surface area contributed by atoms with Crippen molar-refractivity contribution in [3.63, 3.8) is 0 Å². The van der Waals surface area contributed by atoms with Crippen molar-refractivity contribution in [2.45, 2.75) is 43.0 Å². The summed E-state index contributed by atoms with van der Waals surface area (Å²) >= 11 is 5.74.